The van der Waals surface area contributed by atoms with Crippen LogP contribution in [0.2, 0.25) is 0 Å². The SMILES string of the molecule is CC(C)(C)c1nc2ccc(Br)cc2c(=O)n1N=Cc1cc(Br)cc([N+](=O)[O-])c1OCc1ccc(F)cc1. The van der Waals surface area contributed by atoms with Crippen LogP contribution >= 0.6 is 31.9 Å². The van der Waals surface area contributed by atoms with Gasteiger partial charge in [-0.25, -0.2) is 9.37 Å². The second-order valence-electron chi connectivity index (χ2n) is 9.22. The molecule has 37 heavy (non-hydrogen) atoms. The molecule has 0 fully saturated rings. The predicted octanol–water partition coefficient (Wildman–Crippen LogP) is 6.73. The lowest BCUT2D eigenvalue weighted by atomic mass is 9.95. The first-order valence-corrected chi connectivity index (χ1v) is 12.6. The molecule has 3 aromatic carbocycles. The van der Waals surface area contributed by atoms with E-state index >= 15 is 0 Å². The van der Waals surface area contributed by atoms with Crippen molar-refractivity contribution in [1.29, 1.82) is 0 Å². The lowest BCUT2D eigenvalue weighted by molar-refractivity contribution is -0.386. The van der Waals surface area contributed by atoms with Gasteiger partial charge < -0.3 is 4.74 Å². The number of aromatic nitrogens is 2. The van der Waals surface area contributed by atoms with Crippen LogP contribution in [0.25, 0.3) is 10.9 Å². The van der Waals surface area contributed by atoms with Crippen molar-refractivity contribution < 1.29 is 14.1 Å². The Bertz CT molecular complexity index is 1600. The third kappa shape index (κ3) is 5.94. The summed E-state index contributed by atoms with van der Waals surface area (Å²) in [6, 6.07) is 13.8. The average molecular weight is 632 g/mol. The number of nitrogens with zero attached hydrogens (tertiary/aromatic N) is 4. The molecule has 4 aromatic rings. The van der Waals surface area contributed by atoms with Gasteiger partial charge >= 0.3 is 5.69 Å². The van der Waals surface area contributed by atoms with Gasteiger partial charge in [0.1, 0.15) is 18.2 Å². The molecule has 8 nitrogen and oxygen atoms in total. The van der Waals surface area contributed by atoms with E-state index < -0.39 is 16.2 Å². The summed E-state index contributed by atoms with van der Waals surface area (Å²) < 4.78 is 21.4. The Hall–Kier alpha value is -3.44. The van der Waals surface area contributed by atoms with E-state index in [0.717, 1.165) is 4.47 Å². The zero-order valence-corrected chi connectivity index (χ0v) is 23.2. The number of nitro benzene ring substituents is 1. The van der Waals surface area contributed by atoms with Gasteiger partial charge in [-0.15, -0.1) is 0 Å². The van der Waals surface area contributed by atoms with Gasteiger partial charge in [0.2, 0.25) is 5.75 Å². The number of rotatable bonds is 6. The normalized spacial score (nSPS) is 11.8. The van der Waals surface area contributed by atoms with E-state index in [1.54, 1.807) is 24.3 Å². The third-order valence-electron chi connectivity index (χ3n) is 5.35. The molecule has 0 aliphatic carbocycles. The monoisotopic (exact) mass is 630 g/mol. The highest BCUT2D eigenvalue weighted by Gasteiger charge is 2.24. The van der Waals surface area contributed by atoms with Crippen LogP contribution in [0.15, 0.2) is 73.4 Å². The molecule has 0 saturated carbocycles. The van der Waals surface area contributed by atoms with Crippen LogP contribution in [0.3, 0.4) is 0 Å². The zero-order valence-electron chi connectivity index (χ0n) is 20.0. The highest BCUT2D eigenvalue weighted by atomic mass is 79.9. The fourth-order valence-electron chi connectivity index (χ4n) is 3.59. The third-order valence-corrected chi connectivity index (χ3v) is 6.30. The Morgan fingerprint density at radius 2 is 1.81 bits per heavy atom. The number of fused-ring (bicyclic) bond motifs is 1. The maximum absolute atomic E-state index is 13.4. The number of nitro groups is 1. The number of benzene rings is 3. The van der Waals surface area contributed by atoms with Crippen LogP contribution in [0.5, 0.6) is 5.75 Å². The fourth-order valence-corrected chi connectivity index (χ4v) is 4.41. The number of hydrogen-bond donors (Lipinski definition) is 0. The van der Waals surface area contributed by atoms with Gasteiger partial charge in [-0.2, -0.15) is 9.78 Å². The van der Waals surface area contributed by atoms with Gasteiger partial charge in [0.05, 0.1) is 22.0 Å². The molecule has 0 saturated heterocycles. The van der Waals surface area contributed by atoms with Gasteiger partial charge in [-0.1, -0.05) is 64.8 Å². The molecule has 190 valence electrons. The van der Waals surface area contributed by atoms with Crippen LogP contribution in [0, 0.1) is 15.9 Å². The minimum absolute atomic E-state index is 0.0388. The summed E-state index contributed by atoms with van der Waals surface area (Å²) in [5.41, 5.74) is 0.211. The zero-order chi connectivity index (χ0) is 26.9. The summed E-state index contributed by atoms with van der Waals surface area (Å²) in [5.74, 6) is -0.0210. The Labute approximate surface area is 228 Å². The number of hydrogen-bond acceptors (Lipinski definition) is 6. The Morgan fingerprint density at radius 3 is 2.46 bits per heavy atom. The highest BCUT2D eigenvalue weighted by molar-refractivity contribution is 9.10. The molecular weight excluding hydrogens is 611 g/mol. The van der Waals surface area contributed by atoms with Crippen molar-refractivity contribution in [1.82, 2.24) is 9.66 Å². The standard InChI is InChI=1S/C26H21Br2FN4O4/c1-26(2,3)25-31-21-9-6-17(27)11-20(21)24(34)32(25)30-13-16-10-18(28)12-22(33(35)36)23(16)37-14-15-4-7-19(29)8-5-15/h4-13H,14H2,1-3H3. The first kappa shape index (κ1) is 26.6. The molecule has 0 amide bonds. The van der Waals surface area contributed by atoms with E-state index in [-0.39, 0.29) is 29.2 Å². The van der Waals surface area contributed by atoms with Crippen molar-refractivity contribution in [2.45, 2.75) is 32.8 Å². The van der Waals surface area contributed by atoms with E-state index in [2.05, 4.69) is 41.9 Å². The van der Waals surface area contributed by atoms with Crippen molar-refractivity contribution in [3.8, 4) is 5.75 Å². The molecule has 4 rings (SSSR count). The lowest BCUT2D eigenvalue weighted by Crippen LogP contribution is -2.29. The van der Waals surface area contributed by atoms with Crippen molar-refractivity contribution in [2.75, 3.05) is 0 Å². The Morgan fingerprint density at radius 1 is 1.11 bits per heavy atom. The highest BCUT2D eigenvalue weighted by Crippen LogP contribution is 2.34. The molecule has 0 bridgehead atoms. The second-order valence-corrected chi connectivity index (χ2v) is 11.1. The van der Waals surface area contributed by atoms with Gasteiger partial charge in [0.25, 0.3) is 5.56 Å². The van der Waals surface area contributed by atoms with E-state index in [0.29, 0.717) is 26.8 Å². The first-order valence-electron chi connectivity index (χ1n) is 11.1. The summed E-state index contributed by atoms with van der Waals surface area (Å²) >= 11 is 6.68. The summed E-state index contributed by atoms with van der Waals surface area (Å²) in [5, 5.41) is 16.6. The summed E-state index contributed by atoms with van der Waals surface area (Å²) in [4.78, 5) is 29.4. The quantitative estimate of drug-likeness (QED) is 0.133. The van der Waals surface area contributed by atoms with Crippen molar-refractivity contribution >= 4 is 54.7 Å². The predicted molar refractivity (Wildman–Crippen MR) is 147 cm³/mol. The fraction of sp³-hybridized carbons (Fsp3) is 0.192. The van der Waals surface area contributed by atoms with Crippen LogP contribution < -0.4 is 10.3 Å². The van der Waals surface area contributed by atoms with Crippen LogP contribution in [-0.4, -0.2) is 20.8 Å². The summed E-state index contributed by atoms with van der Waals surface area (Å²) in [7, 11) is 0. The lowest BCUT2D eigenvalue weighted by Gasteiger charge is -2.21. The van der Waals surface area contributed by atoms with E-state index in [9.17, 15) is 19.3 Å². The Kier molecular flexibility index (Phi) is 7.56. The smallest absolute Gasteiger partial charge is 0.312 e. The molecule has 1 heterocycles. The van der Waals surface area contributed by atoms with Crippen molar-refractivity contribution in [2.24, 2.45) is 5.10 Å². The number of halogens is 3. The molecule has 11 heteroatoms. The molecule has 1 aromatic heterocycles. The Balaban J connectivity index is 1.85. The van der Waals surface area contributed by atoms with Crippen molar-refractivity contribution in [3.63, 3.8) is 0 Å². The second kappa shape index (κ2) is 10.5. The van der Waals surface area contributed by atoms with Crippen LogP contribution in [-0.2, 0) is 12.0 Å². The van der Waals surface area contributed by atoms with Gasteiger partial charge in [-0.3, -0.25) is 14.9 Å². The summed E-state index contributed by atoms with van der Waals surface area (Å²) in [6.07, 6.45) is 1.33. The molecule has 0 N–H and O–H groups in total. The van der Waals surface area contributed by atoms with Crippen LogP contribution in [0.1, 0.15) is 37.7 Å². The minimum Gasteiger partial charge on any atom is -0.481 e. The minimum atomic E-state index is -0.566. The largest absolute Gasteiger partial charge is 0.481 e. The van der Waals surface area contributed by atoms with E-state index in [1.165, 1.54) is 41.2 Å². The van der Waals surface area contributed by atoms with Gasteiger partial charge in [0, 0.05) is 26.0 Å². The van der Waals surface area contributed by atoms with E-state index in [1.807, 2.05) is 20.8 Å². The number of ether oxygens (including phenoxy) is 1. The first-order chi connectivity index (χ1) is 17.4. The van der Waals surface area contributed by atoms with E-state index in [4.69, 9.17) is 4.74 Å². The summed E-state index contributed by atoms with van der Waals surface area (Å²) in [6.45, 7) is 5.69. The maximum atomic E-state index is 13.4. The van der Waals surface area contributed by atoms with Crippen molar-refractivity contribution in [3.05, 3.63) is 107 Å². The van der Waals surface area contributed by atoms with Gasteiger partial charge in [-0.05, 0) is 42.0 Å². The molecule has 0 radical (unpaired) electrons. The van der Waals surface area contributed by atoms with Crippen LogP contribution in [0.4, 0.5) is 10.1 Å². The molecular formula is C26H21Br2FN4O4. The van der Waals surface area contributed by atoms with Gasteiger partial charge in [0.15, 0.2) is 0 Å². The molecule has 0 aliphatic heterocycles. The molecule has 0 atom stereocenters. The molecule has 0 unspecified atom stereocenters. The molecule has 0 aliphatic rings. The topological polar surface area (TPSA) is 99.6 Å². The molecule has 0 spiro atoms. The maximum Gasteiger partial charge on any atom is 0.312 e. The average Bonchev–Trinajstić information content (AvgIpc) is 2.83.